The first-order chi connectivity index (χ1) is 15.4. The largest absolute Gasteiger partial charge is 0.318 e. The lowest BCUT2D eigenvalue weighted by Gasteiger charge is -2.10. The van der Waals surface area contributed by atoms with Crippen LogP contribution in [0.25, 0.3) is 11.8 Å². The second-order valence-corrected chi connectivity index (χ2v) is 10.4. The highest BCUT2D eigenvalue weighted by Crippen LogP contribution is 2.30. The predicted molar refractivity (Wildman–Crippen MR) is 122 cm³/mol. The molecule has 0 saturated heterocycles. The number of aryl methyl sites for hydroxylation is 1. The van der Waals surface area contributed by atoms with Crippen LogP contribution in [0.3, 0.4) is 0 Å². The number of nitrogens with one attached hydrogen (secondary N) is 1. The zero-order valence-electron chi connectivity index (χ0n) is 17.4. The number of nitriles is 1. The Morgan fingerprint density at radius 2 is 2.03 bits per heavy atom. The Labute approximate surface area is 197 Å². The number of carbonyl (C=O) groups is 1. The molecule has 1 N–H and O–H groups in total. The van der Waals surface area contributed by atoms with Gasteiger partial charge in [0.2, 0.25) is 19.3 Å². The summed E-state index contributed by atoms with van der Waals surface area (Å²) in [4.78, 5) is 23.2. The zero-order valence-corrected chi connectivity index (χ0v) is 19.7. The molecule has 0 atom stereocenters. The van der Waals surface area contributed by atoms with E-state index in [0.717, 1.165) is 6.26 Å². The van der Waals surface area contributed by atoms with Crippen LogP contribution in [0.1, 0.15) is 17.0 Å². The molecular weight excluding hydrogens is 492 g/mol. The van der Waals surface area contributed by atoms with Gasteiger partial charge in [0.05, 0.1) is 10.6 Å². The summed E-state index contributed by atoms with van der Waals surface area (Å²) in [6.45, 7) is 3.50. The summed E-state index contributed by atoms with van der Waals surface area (Å²) in [7, 11) is -3.58. The molecule has 33 heavy (non-hydrogen) atoms. The Bertz CT molecular complexity index is 1470. The maximum absolute atomic E-state index is 12.5. The minimum Gasteiger partial charge on any atom is -0.318 e. The van der Waals surface area contributed by atoms with Crippen molar-refractivity contribution < 1.29 is 18.1 Å². The fourth-order valence-electron chi connectivity index (χ4n) is 2.99. The monoisotopic (exact) mass is 506 g/mol. The van der Waals surface area contributed by atoms with Crippen molar-refractivity contribution in [1.29, 1.82) is 5.26 Å². The average molecular weight is 507 g/mol. The molecule has 3 aromatic rings. The minimum absolute atomic E-state index is 0.00507. The lowest BCUT2D eigenvalue weighted by Crippen LogP contribution is -2.13. The molecule has 0 saturated carbocycles. The van der Waals surface area contributed by atoms with E-state index >= 15 is 0 Å². The molecule has 2 heterocycles. The molecule has 0 bridgehead atoms. The molecule has 3 rings (SSSR count). The van der Waals surface area contributed by atoms with E-state index in [0.29, 0.717) is 34.0 Å². The van der Waals surface area contributed by atoms with Gasteiger partial charge >= 0.3 is 0 Å². The molecule has 0 unspecified atom stereocenters. The summed E-state index contributed by atoms with van der Waals surface area (Å²) in [5.41, 5.74) is 1.85. The van der Waals surface area contributed by atoms with Crippen LogP contribution in [0.5, 0.6) is 0 Å². The predicted octanol–water partition coefficient (Wildman–Crippen LogP) is 3.46. The second-order valence-electron chi connectivity index (χ2n) is 6.82. The number of anilines is 1. The molecule has 0 radical (unpaired) electrons. The van der Waals surface area contributed by atoms with Crippen molar-refractivity contribution in [2.75, 3.05) is 11.6 Å². The highest BCUT2D eigenvalue weighted by atomic mass is 35.5. The molecule has 0 fully saturated rings. The van der Waals surface area contributed by atoms with Gasteiger partial charge in [-0.05, 0) is 43.7 Å². The van der Waals surface area contributed by atoms with Crippen LogP contribution in [0.2, 0.25) is 5.02 Å². The molecule has 170 valence electrons. The van der Waals surface area contributed by atoms with Gasteiger partial charge in [0.15, 0.2) is 0 Å². The summed E-state index contributed by atoms with van der Waals surface area (Å²) in [6.07, 6.45) is 2.32. The maximum atomic E-state index is 12.5. The first-order valence-electron chi connectivity index (χ1n) is 9.02. The van der Waals surface area contributed by atoms with Crippen LogP contribution in [0.15, 0.2) is 34.2 Å². The summed E-state index contributed by atoms with van der Waals surface area (Å²) < 4.78 is 24.5. The quantitative estimate of drug-likeness (QED) is 0.175. The second kappa shape index (κ2) is 9.10. The van der Waals surface area contributed by atoms with Crippen molar-refractivity contribution in [1.82, 2.24) is 14.8 Å². The standard InChI is InChI=1S/C19H15ClN6O5S2/c1-10-6-12(11(2)25(10)14-4-5-15(20)16(8-14)26(28)29)7-13(9-21)17(27)22-18-23-24-19(32-18)33(3,30)31/h4-8H,1-3H3,(H,22,23,27). The Kier molecular flexibility index (Phi) is 6.63. The van der Waals surface area contributed by atoms with E-state index in [2.05, 4.69) is 15.5 Å². The first kappa shape index (κ1) is 24.1. The number of nitro benzene ring substituents is 1. The van der Waals surface area contributed by atoms with Crippen LogP contribution >= 0.6 is 22.9 Å². The van der Waals surface area contributed by atoms with E-state index in [4.69, 9.17) is 11.6 Å². The number of nitro groups is 1. The summed E-state index contributed by atoms with van der Waals surface area (Å²) in [6, 6.07) is 7.90. The van der Waals surface area contributed by atoms with Gasteiger partial charge in [-0.15, -0.1) is 10.2 Å². The number of aromatic nitrogens is 3. The molecular formula is C19H15ClN6O5S2. The lowest BCUT2D eigenvalue weighted by molar-refractivity contribution is -0.384. The van der Waals surface area contributed by atoms with Gasteiger partial charge in [0, 0.05) is 23.7 Å². The Hall–Kier alpha value is -3.60. The number of nitrogens with zero attached hydrogens (tertiary/aromatic N) is 5. The van der Waals surface area contributed by atoms with Crippen molar-refractivity contribution in [3.8, 4) is 11.8 Å². The lowest BCUT2D eigenvalue weighted by atomic mass is 10.1. The number of amides is 1. The van der Waals surface area contributed by atoms with Gasteiger partial charge in [-0.1, -0.05) is 22.9 Å². The molecule has 14 heteroatoms. The molecule has 0 aliphatic heterocycles. The number of halogens is 1. The van der Waals surface area contributed by atoms with Gasteiger partial charge < -0.3 is 4.57 Å². The molecule has 0 spiro atoms. The maximum Gasteiger partial charge on any atom is 0.289 e. The van der Waals surface area contributed by atoms with Gasteiger partial charge in [0.1, 0.15) is 16.7 Å². The number of benzene rings is 1. The topological polar surface area (TPSA) is 161 Å². The SMILES string of the molecule is Cc1cc(C=C(C#N)C(=O)Nc2nnc(S(C)(=O)=O)s2)c(C)n1-c1ccc(Cl)c([N+](=O)[O-])c1. The van der Waals surface area contributed by atoms with Crippen LogP contribution in [0, 0.1) is 35.3 Å². The van der Waals surface area contributed by atoms with Crippen LogP contribution in [-0.2, 0) is 14.6 Å². The van der Waals surface area contributed by atoms with E-state index in [1.54, 1.807) is 36.6 Å². The smallest absolute Gasteiger partial charge is 0.289 e. The summed E-state index contributed by atoms with van der Waals surface area (Å²) >= 11 is 6.56. The van der Waals surface area contributed by atoms with E-state index in [1.807, 2.05) is 0 Å². The third kappa shape index (κ3) is 5.08. The fourth-order valence-corrected chi connectivity index (χ4v) is 4.68. The van der Waals surface area contributed by atoms with Crippen LogP contribution < -0.4 is 5.32 Å². The molecule has 0 aliphatic carbocycles. The Morgan fingerprint density at radius 1 is 1.33 bits per heavy atom. The Morgan fingerprint density at radius 3 is 2.61 bits per heavy atom. The highest BCUT2D eigenvalue weighted by molar-refractivity contribution is 7.92. The van der Waals surface area contributed by atoms with E-state index in [-0.39, 0.29) is 25.8 Å². The fraction of sp³-hybridized carbons (Fsp3) is 0.158. The van der Waals surface area contributed by atoms with Gasteiger partial charge in [-0.25, -0.2) is 8.42 Å². The van der Waals surface area contributed by atoms with Crippen molar-refractivity contribution in [3.05, 3.63) is 61.9 Å². The number of rotatable bonds is 6. The van der Waals surface area contributed by atoms with E-state index < -0.39 is 20.7 Å². The number of carbonyl (C=O) groups excluding carboxylic acids is 1. The molecule has 1 aromatic carbocycles. The van der Waals surface area contributed by atoms with Crippen molar-refractivity contribution in [2.45, 2.75) is 18.2 Å². The van der Waals surface area contributed by atoms with E-state index in [1.165, 1.54) is 18.2 Å². The highest BCUT2D eigenvalue weighted by Gasteiger charge is 2.19. The Balaban J connectivity index is 1.95. The minimum atomic E-state index is -3.58. The third-order valence-electron chi connectivity index (χ3n) is 4.46. The normalized spacial score (nSPS) is 11.8. The van der Waals surface area contributed by atoms with E-state index in [9.17, 15) is 28.6 Å². The molecule has 1 amide bonds. The molecule has 0 aliphatic rings. The number of hydrogen-bond donors (Lipinski definition) is 1. The molecule has 11 nitrogen and oxygen atoms in total. The van der Waals surface area contributed by atoms with Crippen molar-refractivity contribution >= 4 is 55.6 Å². The van der Waals surface area contributed by atoms with Gasteiger partial charge in [0.25, 0.3) is 11.6 Å². The van der Waals surface area contributed by atoms with Crippen molar-refractivity contribution in [2.24, 2.45) is 0 Å². The number of sulfone groups is 1. The number of hydrogen-bond acceptors (Lipinski definition) is 9. The third-order valence-corrected chi connectivity index (χ3v) is 7.29. The van der Waals surface area contributed by atoms with Crippen molar-refractivity contribution in [3.63, 3.8) is 0 Å². The average Bonchev–Trinajstić information content (AvgIpc) is 3.30. The van der Waals surface area contributed by atoms with Gasteiger partial charge in [-0.3, -0.25) is 20.2 Å². The van der Waals surface area contributed by atoms with Crippen LogP contribution in [0.4, 0.5) is 10.8 Å². The van der Waals surface area contributed by atoms with Gasteiger partial charge in [-0.2, -0.15) is 5.26 Å². The zero-order chi connectivity index (χ0) is 24.5. The summed E-state index contributed by atoms with van der Waals surface area (Å²) in [5, 5.41) is 30.1. The first-order valence-corrected chi connectivity index (χ1v) is 12.1. The van der Waals surface area contributed by atoms with Crippen LogP contribution in [-0.4, -0.2) is 40.3 Å². The molecule has 2 aromatic heterocycles. The summed E-state index contributed by atoms with van der Waals surface area (Å²) in [5.74, 6) is -0.791.